The number of Topliss-reactive ketones (excluding diaryl/α,β-unsaturated/α-hetero) is 1. The fourth-order valence-electron chi connectivity index (χ4n) is 1.87. The average Bonchev–Trinajstić information content (AvgIpc) is 2.54. The second-order valence-corrected chi connectivity index (χ2v) is 4.51. The van der Waals surface area contributed by atoms with Crippen molar-refractivity contribution in [3.05, 3.63) is 59.8 Å². The standard InChI is InChI=1S/C16H16N2O3/c19-11-13-7-4-10-17-16(13)18-15(21)9-8-14(20)12-5-2-1-3-6-12/h1-7,10,19H,8-9,11H2,(H,17,18,21). The van der Waals surface area contributed by atoms with Gasteiger partial charge in [-0.05, 0) is 6.07 Å². The van der Waals surface area contributed by atoms with Gasteiger partial charge in [0, 0.05) is 30.2 Å². The Balaban J connectivity index is 1.89. The normalized spacial score (nSPS) is 10.1. The number of pyridine rings is 1. The Morgan fingerprint density at radius 2 is 1.81 bits per heavy atom. The molecule has 0 saturated carbocycles. The number of rotatable bonds is 6. The summed E-state index contributed by atoms with van der Waals surface area (Å²) in [5, 5.41) is 11.8. The lowest BCUT2D eigenvalue weighted by atomic mass is 10.1. The van der Waals surface area contributed by atoms with Gasteiger partial charge in [0.2, 0.25) is 5.91 Å². The maximum absolute atomic E-state index is 11.9. The van der Waals surface area contributed by atoms with Gasteiger partial charge in [-0.1, -0.05) is 36.4 Å². The minimum Gasteiger partial charge on any atom is -0.392 e. The first-order valence-corrected chi connectivity index (χ1v) is 6.63. The summed E-state index contributed by atoms with van der Waals surface area (Å²) in [6.07, 6.45) is 1.75. The van der Waals surface area contributed by atoms with Crippen LogP contribution in [-0.4, -0.2) is 21.8 Å². The van der Waals surface area contributed by atoms with Crippen LogP contribution in [0.4, 0.5) is 5.82 Å². The van der Waals surface area contributed by atoms with Gasteiger partial charge in [0.25, 0.3) is 0 Å². The molecule has 108 valence electrons. The topological polar surface area (TPSA) is 79.3 Å². The molecule has 0 fully saturated rings. The molecule has 0 unspecified atom stereocenters. The molecule has 5 heteroatoms. The molecule has 0 aliphatic carbocycles. The summed E-state index contributed by atoms with van der Waals surface area (Å²) in [6, 6.07) is 12.2. The average molecular weight is 284 g/mol. The molecule has 1 aromatic heterocycles. The van der Waals surface area contributed by atoms with Gasteiger partial charge in [-0.2, -0.15) is 0 Å². The Morgan fingerprint density at radius 1 is 1.05 bits per heavy atom. The molecule has 2 rings (SSSR count). The van der Waals surface area contributed by atoms with E-state index in [2.05, 4.69) is 10.3 Å². The summed E-state index contributed by atoms with van der Waals surface area (Å²) in [6.45, 7) is -0.202. The van der Waals surface area contributed by atoms with Crippen LogP contribution in [0.5, 0.6) is 0 Å². The molecular weight excluding hydrogens is 268 g/mol. The second kappa shape index (κ2) is 7.31. The van der Waals surface area contributed by atoms with Crippen LogP contribution in [-0.2, 0) is 11.4 Å². The molecule has 0 atom stereocenters. The van der Waals surface area contributed by atoms with Gasteiger partial charge in [0.1, 0.15) is 5.82 Å². The summed E-state index contributed by atoms with van der Waals surface area (Å²) in [5.74, 6) is -0.0426. The lowest BCUT2D eigenvalue weighted by molar-refractivity contribution is -0.116. The molecule has 2 aromatic rings. The Labute approximate surface area is 122 Å². The monoisotopic (exact) mass is 284 g/mol. The van der Waals surface area contributed by atoms with Gasteiger partial charge in [-0.15, -0.1) is 0 Å². The third-order valence-corrected chi connectivity index (χ3v) is 2.99. The summed E-state index contributed by atoms with van der Waals surface area (Å²) >= 11 is 0. The van der Waals surface area contributed by atoms with Crippen molar-refractivity contribution in [1.82, 2.24) is 4.98 Å². The highest BCUT2D eigenvalue weighted by molar-refractivity contribution is 5.99. The van der Waals surface area contributed by atoms with E-state index in [9.17, 15) is 9.59 Å². The SMILES string of the molecule is O=C(CCC(=O)c1ccccc1)Nc1ncccc1CO. The van der Waals surface area contributed by atoms with Crippen LogP contribution in [0.25, 0.3) is 0 Å². The van der Waals surface area contributed by atoms with E-state index in [1.165, 1.54) is 6.20 Å². The first-order chi connectivity index (χ1) is 10.2. The molecule has 21 heavy (non-hydrogen) atoms. The van der Waals surface area contributed by atoms with Crippen molar-refractivity contribution in [1.29, 1.82) is 0 Å². The van der Waals surface area contributed by atoms with Crippen molar-refractivity contribution in [3.8, 4) is 0 Å². The fourth-order valence-corrected chi connectivity index (χ4v) is 1.87. The number of nitrogens with zero attached hydrogens (tertiary/aromatic N) is 1. The molecule has 1 aromatic carbocycles. The largest absolute Gasteiger partial charge is 0.392 e. The molecular formula is C16H16N2O3. The highest BCUT2D eigenvalue weighted by Gasteiger charge is 2.11. The minimum absolute atomic E-state index is 0.0749. The van der Waals surface area contributed by atoms with Crippen LogP contribution in [0.2, 0.25) is 0 Å². The molecule has 0 bridgehead atoms. The highest BCUT2D eigenvalue weighted by atomic mass is 16.3. The second-order valence-electron chi connectivity index (χ2n) is 4.51. The number of benzene rings is 1. The zero-order valence-corrected chi connectivity index (χ0v) is 11.5. The molecule has 5 nitrogen and oxygen atoms in total. The van der Waals surface area contributed by atoms with Gasteiger partial charge < -0.3 is 10.4 Å². The van der Waals surface area contributed by atoms with Crippen LogP contribution in [0.15, 0.2) is 48.7 Å². The first-order valence-electron chi connectivity index (χ1n) is 6.63. The third-order valence-electron chi connectivity index (χ3n) is 2.99. The fraction of sp³-hybridized carbons (Fsp3) is 0.188. The summed E-state index contributed by atoms with van der Waals surface area (Å²) in [7, 11) is 0. The van der Waals surface area contributed by atoms with Crippen LogP contribution in [0.3, 0.4) is 0 Å². The summed E-state index contributed by atoms with van der Waals surface area (Å²) in [5.41, 5.74) is 1.14. The zero-order chi connectivity index (χ0) is 15.1. The molecule has 0 radical (unpaired) electrons. The number of aliphatic hydroxyl groups excluding tert-OH is 1. The van der Waals surface area contributed by atoms with E-state index in [-0.39, 0.29) is 31.1 Å². The molecule has 0 aliphatic heterocycles. The van der Waals surface area contributed by atoms with E-state index in [1.807, 2.05) is 6.07 Å². The third kappa shape index (κ3) is 4.22. The van der Waals surface area contributed by atoms with Gasteiger partial charge in [0.05, 0.1) is 6.61 Å². The molecule has 1 heterocycles. The highest BCUT2D eigenvalue weighted by Crippen LogP contribution is 2.12. The summed E-state index contributed by atoms with van der Waals surface area (Å²) in [4.78, 5) is 27.7. The number of nitrogens with one attached hydrogen (secondary N) is 1. The van der Waals surface area contributed by atoms with Gasteiger partial charge in [-0.25, -0.2) is 4.98 Å². The summed E-state index contributed by atoms with van der Waals surface area (Å²) < 4.78 is 0. The van der Waals surface area contributed by atoms with Crippen LogP contribution >= 0.6 is 0 Å². The number of hydrogen-bond donors (Lipinski definition) is 2. The quantitative estimate of drug-likeness (QED) is 0.797. The van der Waals surface area contributed by atoms with Gasteiger partial charge >= 0.3 is 0 Å². The van der Waals surface area contributed by atoms with E-state index < -0.39 is 0 Å². The number of ketones is 1. The number of anilines is 1. The molecule has 2 N–H and O–H groups in total. The van der Waals surface area contributed by atoms with Crippen molar-refractivity contribution in [2.24, 2.45) is 0 Å². The van der Waals surface area contributed by atoms with E-state index in [0.29, 0.717) is 16.9 Å². The van der Waals surface area contributed by atoms with E-state index in [1.54, 1.807) is 36.4 Å². The smallest absolute Gasteiger partial charge is 0.225 e. The molecule has 0 spiro atoms. The number of amides is 1. The maximum atomic E-state index is 11.9. The lowest BCUT2D eigenvalue weighted by Crippen LogP contribution is -2.15. The maximum Gasteiger partial charge on any atom is 0.225 e. The van der Waals surface area contributed by atoms with E-state index >= 15 is 0 Å². The van der Waals surface area contributed by atoms with Crippen LogP contribution in [0, 0.1) is 0 Å². The number of carbonyl (C=O) groups is 2. The van der Waals surface area contributed by atoms with E-state index in [4.69, 9.17) is 5.11 Å². The van der Waals surface area contributed by atoms with Crippen molar-refractivity contribution in [3.63, 3.8) is 0 Å². The molecule has 0 aliphatic rings. The minimum atomic E-state index is -0.298. The van der Waals surface area contributed by atoms with Gasteiger partial charge in [0.15, 0.2) is 5.78 Å². The lowest BCUT2D eigenvalue weighted by Gasteiger charge is -2.07. The van der Waals surface area contributed by atoms with Gasteiger partial charge in [-0.3, -0.25) is 9.59 Å². The first kappa shape index (κ1) is 14.9. The number of aromatic nitrogens is 1. The van der Waals surface area contributed by atoms with E-state index in [0.717, 1.165) is 0 Å². The van der Waals surface area contributed by atoms with Crippen molar-refractivity contribution in [2.45, 2.75) is 19.4 Å². The van der Waals surface area contributed by atoms with Crippen molar-refractivity contribution < 1.29 is 14.7 Å². The Morgan fingerprint density at radius 3 is 2.52 bits per heavy atom. The number of aliphatic hydroxyl groups is 1. The zero-order valence-electron chi connectivity index (χ0n) is 11.5. The predicted molar refractivity (Wildman–Crippen MR) is 78.8 cm³/mol. The Kier molecular flexibility index (Phi) is 5.17. The Bertz CT molecular complexity index is 626. The number of carbonyl (C=O) groups excluding carboxylic acids is 2. The Hall–Kier alpha value is -2.53. The predicted octanol–water partition coefficient (Wildman–Crippen LogP) is 2.18. The van der Waals surface area contributed by atoms with Crippen LogP contribution < -0.4 is 5.32 Å². The van der Waals surface area contributed by atoms with Crippen molar-refractivity contribution >= 4 is 17.5 Å². The van der Waals surface area contributed by atoms with Crippen molar-refractivity contribution in [2.75, 3.05) is 5.32 Å². The molecule has 1 amide bonds. The molecule has 0 saturated heterocycles. The number of hydrogen-bond acceptors (Lipinski definition) is 4. The van der Waals surface area contributed by atoms with Crippen LogP contribution in [0.1, 0.15) is 28.8 Å².